The highest BCUT2D eigenvalue weighted by atomic mass is 16.5. The van der Waals surface area contributed by atoms with Gasteiger partial charge in [-0.3, -0.25) is 0 Å². The fraction of sp³-hybridized carbons (Fsp3) is 0.727. The molecule has 0 spiro atoms. The minimum Gasteiger partial charge on any atom is -0.479 e. The van der Waals surface area contributed by atoms with Crippen LogP contribution >= 0.6 is 0 Å². The van der Waals surface area contributed by atoms with Crippen molar-refractivity contribution in [1.82, 2.24) is 0 Å². The van der Waals surface area contributed by atoms with Gasteiger partial charge < -0.3 is 9.84 Å². The number of allylic oxidation sites excluding steroid dienone is 1. The van der Waals surface area contributed by atoms with Crippen molar-refractivity contribution in [2.45, 2.75) is 44.6 Å². The van der Waals surface area contributed by atoms with Crippen molar-refractivity contribution in [2.75, 3.05) is 6.61 Å². The second kappa shape index (κ2) is 5.15. The predicted octanol–water partition coefficient (Wildman–Crippen LogP) is 2.37. The third-order valence-corrected chi connectivity index (χ3v) is 2.74. The van der Waals surface area contributed by atoms with Crippen molar-refractivity contribution in [3.05, 3.63) is 12.2 Å². The average Bonchev–Trinajstić information content (AvgIpc) is 2.19. The van der Waals surface area contributed by atoms with E-state index >= 15 is 0 Å². The van der Waals surface area contributed by atoms with Gasteiger partial charge in [0.2, 0.25) is 0 Å². The first-order valence-electron chi connectivity index (χ1n) is 5.20. The minimum atomic E-state index is -0.905. The first-order chi connectivity index (χ1) is 6.71. The minimum absolute atomic E-state index is 0.406. The Labute approximate surface area is 84.8 Å². The van der Waals surface area contributed by atoms with E-state index in [0.29, 0.717) is 19.4 Å². The van der Waals surface area contributed by atoms with E-state index in [1.807, 2.05) is 19.1 Å². The van der Waals surface area contributed by atoms with Crippen molar-refractivity contribution in [1.29, 1.82) is 0 Å². The lowest BCUT2D eigenvalue weighted by molar-refractivity contribution is -0.168. The summed E-state index contributed by atoms with van der Waals surface area (Å²) in [6.07, 6.45) is 8.07. The van der Waals surface area contributed by atoms with E-state index in [1.54, 1.807) is 0 Å². The fourth-order valence-corrected chi connectivity index (χ4v) is 1.85. The molecule has 14 heavy (non-hydrogen) atoms. The molecule has 0 bridgehead atoms. The standard InChI is InChI=1S/C11H18O3/c1-2-3-9-14-11(10(12)13)7-5-4-6-8-11/h2-3H,4-9H2,1H3,(H,12,13). The summed E-state index contributed by atoms with van der Waals surface area (Å²) in [5, 5.41) is 9.14. The molecule has 1 rings (SSSR count). The smallest absolute Gasteiger partial charge is 0.335 e. The SMILES string of the molecule is CC=CCOC1(C(=O)O)CCCCC1. The molecule has 0 radical (unpaired) electrons. The number of carboxylic acids is 1. The zero-order valence-electron chi connectivity index (χ0n) is 8.66. The van der Waals surface area contributed by atoms with Gasteiger partial charge in [-0.2, -0.15) is 0 Å². The molecular weight excluding hydrogens is 180 g/mol. The molecule has 1 aliphatic rings. The third-order valence-electron chi connectivity index (χ3n) is 2.74. The maximum absolute atomic E-state index is 11.1. The quantitative estimate of drug-likeness (QED) is 0.705. The van der Waals surface area contributed by atoms with E-state index in [9.17, 15) is 4.79 Å². The van der Waals surface area contributed by atoms with Gasteiger partial charge in [0.15, 0.2) is 5.60 Å². The zero-order chi connectivity index (χ0) is 10.4. The predicted molar refractivity (Wildman–Crippen MR) is 54.2 cm³/mol. The molecule has 80 valence electrons. The molecule has 1 N–H and O–H groups in total. The monoisotopic (exact) mass is 198 g/mol. The van der Waals surface area contributed by atoms with Gasteiger partial charge in [0.1, 0.15) is 0 Å². The summed E-state index contributed by atoms with van der Waals surface area (Å²) in [4.78, 5) is 11.1. The summed E-state index contributed by atoms with van der Waals surface area (Å²) in [6.45, 7) is 2.31. The van der Waals surface area contributed by atoms with Crippen molar-refractivity contribution in [3.8, 4) is 0 Å². The van der Waals surface area contributed by atoms with Crippen LogP contribution in [0.2, 0.25) is 0 Å². The first kappa shape index (κ1) is 11.2. The summed E-state index contributed by atoms with van der Waals surface area (Å²) < 4.78 is 5.49. The fourth-order valence-electron chi connectivity index (χ4n) is 1.85. The van der Waals surface area contributed by atoms with E-state index in [-0.39, 0.29) is 0 Å². The Balaban J connectivity index is 2.56. The largest absolute Gasteiger partial charge is 0.479 e. The molecule has 1 aliphatic carbocycles. The molecule has 0 aromatic heterocycles. The Kier molecular flexibility index (Phi) is 4.14. The number of aliphatic carboxylic acids is 1. The first-order valence-corrected chi connectivity index (χ1v) is 5.20. The highest BCUT2D eigenvalue weighted by Gasteiger charge is 2.40. The summed E-state index contributed by atoms with van der Waals surface area (Å²) >= 11 is 0. The summed E-state index contributed by atoms with van der Waals surface area (Å²) in [7, 11) is 0. The molecule has 0 atom stereocenters. The van der Waals surface area contributed by atoms with Gasteiger partial charge in [-0.25, -0.2) is 4.79 Å². The molecule has 0 heterocycles. The molecule has 0 saturated heterocycles. The van der Waals surface area contributed by atoms with Gasteiger partial charge in [-0.1, -0.05) is 18.6 Å². The molecule has 1 saturated carbocycles. The maximum Gasteiger partial charge on any atom is 0.335 e. The summed E-state index contributed by atoms with van der Waals surface area (Å²) in [5.41, 5.74) is -0.905. The Morgan fingerprint density at radius 3 is 2.57 bits per heavy atom. The molecule has 0 aliphatic heterocycles. The molecule has 0 amide bonds. The van der Waals surface area contributed by atoms with E-state index in [2.05, 4.69) is 0 Å². The molecule has 0 unspecified atom stereocenters. The number of carbonyl (C=O) groups is 1. The van der Waals surface area contributed by atoms with Crippen molar-refractivity contribution in [3.63, 3.8) is 0 Å². The lowest BCUT2D eigenvalue weighted by atomic mass is 9.85. The van der Waals surface area contributed by atoms with Gasteiger partial charge in [-0.05, 0) is 32.6 Å². The van der Waals surface area contributed by atoms with Crippen LogP contribution in [-0.4, -0.2) is 23.3 Å². The van der Waals surface area contributed by atoms with Gasteiger partial charge in [0.25, 0.3) is 0 Å². The van der Waals surface area contributed by atoms with Gasteiger partial charge in [0.05, 0.1) is 6.61 Å². The second-order valence-electron chi connectivity index (χ2n) is 3.74. The average molecular weight is 198 g/mol. The van der Waals surface area contributed by atoms with E-state index in [1.165, 1.54) is 0 Å². The highest BCUT2D eigenvalue weighted by molar-refractivity contribution is 5.77. The van der Waals surface area contributed by atoms with Crippen LogP contribution in [0.5, 0.6) is 0 Å². The molecule has 1 fully saturated rings. The van der Waals surface area contributed by atoms with Crippen molar-refractivity contribution < 1.29 is 14.6 Å². The van der Waals surface area contributed by atoms with Crippen LogP contribution in [0.1, 0.15) is 39.0 Å². The lowest BCUT2D eigenvalue weighted by Gasteiger charge is -2.32. The normalized spacial score (nSPS) is 21.2. The molecule has 3 heteroatoms. The third kappa shape index (κ3) is 2.58. The van der Waals surface area contributed by atoms with Crippen molar-refractivity contribution >= 4 is 5.97 Å². The van der Waals surface area contributed by atoms with E-state index in [4.69, 9.17) is 9.84 Å². The molecule has 0 aromatic carbocycles. The maximum atomic E-state index is 11.1. The van der Waals surface area contributed by atoms with Crippen LogP contribution in [0, 0.1) is 0 Å². The number of carboxylic acid groups (broad SMARTS) is 1. The van der Waals surface area contributed by atoms with Crippen molar-refractivity contribution in [2.24, 2.45) is 0 Å². The van der Waals surface area contributed by atoms with E-state index in [0.717, 1.165) is 19.3 Å². The van der Waals surface area contributed by atoms with Crippen LogP contribution in [0.25, 0.3) is 0 Å². The Hall–Kier alpha value is -0.830. The number of ether oxygens (including phenoxy) is 1. The van der Waals surface area contributed by atoms with Crippen LogP contribution < -0.4 is 0 Å². The summed E-state index contributed by atoms with van der Waals surface area (Å²) in [6, 6.07) is 0. The highest BCUT2D eigenvalue weighted by Crippen LogP contribution is 2.31. The molecular formula is C11H18O3. The summed E-state index contributed by atoms with van der Waals surface area (Å²) in [5.74, 6) is -0.804. The van der Waals surface area contributed by atoms with Crippen LogP contribution in [0.15, 0.2) is 12.2 Å². The van der Waals surface area contributed by atoms with Gasteiger partial charge in [0, 0.05) is 0 Å². The molecule has 3 nitrogen and oxygen atoms in total. The van der Waals surface area contributed by atoms with Gasteiger partial charge in [-0.15, -0.1) is 0 Å². The number of hydrogen-bond donors (Lipinski definition) is 1. The Bertz CT molecular complexity index is 215. The van der Waals surface area contributed by atoms with Crippen LogP contribution in [0.4, 0.5) is 0 Å². The Morgan fingerprint density at radius 1 is 1.43 bits per heavy atom. The Morgan fingerprint density at radius 2 is 2.07 bits per heavy atom. The number of hydrogen-bond acceptors (Lipinski definition) is 2. The number of rotatable bonds is 4. The van der Waals surface area contributed by atoms with Crippen LogP contribution in [0.3, 0.4) is 0 Å². The zero-order valence-corrected chi connectivity index (χ0v) is 8.66. The topological polar surface area (TPSA) is 46.5 Å². The van der Waals surface area contributed by atoms with Crippen LogP contribution in [-0.2, 0) is 9.53 Å². The molecule has 0 aromatic rings. The second-order valence-corrected chi connectivity index (χ2v) is 3.74. The lowest BCUT2D eigenvalue weighted by Crippen LogP contribution is -2.43. The van der Waals surface area contributed by atoms with E-state index < -0.39 is 11.6 Å². The van der Waals surface area contributed by atoms with Gasteiger partial charge >= 0.3 is 5.97 Å².